The van der Waals surface area contributed by atoms with Gasteiger partial charge in [0.2, 0.25) is 10.8 Å². The number of thioether (sulfide) groups is 1. The summed E-state index contributed by atoms with van der Waals surface area (Å²) in [5.74, 6) is -0.0588. The molecule has 0 aromatic heterocycles. The van der Waals surface area contributed by atoms with Gasteiger partial charge in [-0.3, -0.25) is 14.5 Å². The molecule has 0 saturated carbocycles. The molecule has 0 aliphatic carbocycles. The van der Waals surface area contributed by atoms with Gasteiger partial charge >= 0.3 is 0 Å². The van der Waals surface area contributed by atoms with E-state index in [1.165, 1.54) is 11.8 Å². The minimum absolute atomic E-state index is 0.120. The zero-order valence-corrected chi connectivity index (χ0v) is 18.0. The maximum Gasteiger partial charge on any atom is 0.269 e. The van der Waals surface area contributed by atoms with Crippen molar-refractivity contribution in [1.29, 1.82) is 0 Å². The number of carbonyl (C=O) groups excluding carboxylic acids is 2. The second-order valence-electron chi connectivity index (χ2n) is 7.14. The average molecular weight is 455 g/mol. The van der Waals surface area contributed by atoms with E-state index in [4.69, 9.17) is 23.2 Å². The van der Waals surface area contributed by atoms with Gasteiger partial charge in [0.05, 0.1) is 18.0 Å². The zero-order valence-electron chi connectivity index (χ0n) is 15.7. The number of benzene rings is 3. The van der Waals surface area contributed by atoms with Gasteiger partial charge in [-0.05, 0) is 35.9 Å². The Morgan fingerprint density at radius 1 is 0.933 bits per heavy atom. The summed E-state index contributed by atoms with van der Waals surface area (Å²) in [6.45, 7) is 0.329. The number of amides is 2. The summed E-state index contributed by atoms with van der Waals surface area (Å²) in [6.07, 6.45) is 0. The largest absolute Gasteiger partial charge is 0.304 e. The first-order valence-electron chi connectivity index (χ1n) is 9.40. The quantitative estimate of drug-likeness (QED) is 0.526. The normalized spacial score (nSPS) is 20.3. The summed E-state index contributed by atoms with van der Waals surface area (Å²) in [7, 11) is 0. The molecule has 2 aliphatic heterocycles. The van der Waals surface area contributed by atoms with Crippen LogP contribution in [0.15, 0.2) is 72.8 Å². The van der Waals surface area contributed by atoms with Gasteiger partial charge in [0.25, 0.3) is 5.91 Å². The summed E-state index contributed by atoms with van der Waals surface area (Å²) in [6, 6.07) is 22.2. The second kappa shape index (κ2) is 7.34. The molecular formula is C23H16Cl2N2O2S. The molecule has 150 valence electrons. The van der Waals surface area contributed by atoms with Gasteiger partial charge < -0.3 is 4.90 Å². The lowest BCUT2D eigenvalue weighted by atomic mass is 10.0. The Hall–Kier alpha value is -2.47. The number of anilines is 2. The Bertz CT molecular complexity index is 1190. The molecule has 5 rings (SSSR count). The lowest BCUT2D eigenvalue weighted by Crippen LogP contribution is -2.49. The lowest BCUT2D eigenvalue weighted by molar-refractivity contribution is -0.123. The summed E-state index contributed by atoms with van der Waals surface area (Å²) >= 11 is 13.9. The van der Waals surface area contributed by atoms with Crippen LogP contribution >= 0.6 is 35.0 Å². The third-order valence-corrected chi connectivity index (χ3v) is 7.41. The average Bonchev–Trinajstić information content (AvgIpc) is 3.21. The number of rotatable bonds is 3. The predicted octanol–water partition coefficient (Wildman–Crippen LogP) is 5.47. The minimum atomic E-state index is -1.15. The van der Waals surface area contributed by atoms with Crippen LogP contribution in [0.25, 0.3) is 0 Å². The van der Waals surface area contributed by atoms with Crippen molar-refractivity contribution in [2.75, 3.05) is 15.6 Å². The van der Waals surface area contributed by atoms with Crippen LogP contribution in [0, 0.1) is 0 Å². The van der Waals surface area contributed by atoms with Gasteiger partial charge in [-0.15, -0.1) is 11.8 Å². The van der Waals surface area contributed by atoms with E-state index in [0.29, 0.717) is 22.3 Å². The second-order valence-corrected chi connectivity index (χ2v) is 9.15. The Labute approximate surface area is 188 Å². The number of carbonyl (C=O) groups is 2. The van der Waals surface area contributed by atoms with Crippen LogP contribution in [0.2, 0.25) is 10.0 Å². The molecule has 3 aromatic rings. The maximum atomic E-state index is 14.0. The molecule has 0 bridgehead atoms. The molecule has 2 heterocycles. The molecule has 0 radical (unpaired) electrons. The van der Waals surface area contributed by atoms with Crippen LogP contribution in [0.5, 0.6) is 0 Å². The monoisotopic (exact) mass is 454 g/mol. The van der Waals surface area contributed by atoms with Crippen molar-refractivity contribution in [2.24, 2.45) is 0 Å². The predicted molar refractivity (Wildman–Crippen MR) is 122 cm³/mol. The van der Waals surface area contributed by atoms with E-state index in [-0.39, 0.29) is 17.6 Å². The van der Waals surface area contributed by atoms with Crippen molar-refractivity contribution in [3.05, 3.63) is 94.0 Å². The van der Waals surface area contributed by atoms with Gasteiger partial charge in [-0.2, -0.15) is 0 Å². The van der Waals surface area contributed by atoms with Crippen molar-refractivity contribution >= 4 is 58.2 Å². The molecule has 1 unspecified atom stereocenters. The molecule has 2 amide bonds. The summed E-state index contributed by atoms with van der Waals surface area (Å²) in [5, 5.41) is 1.12. The fourth-order valence-electron chi connectivity index (χ4n) is 4.12. The topological polar surface area (TPSA) is 40.6 Å². The highest BCUT2D eigenvalue weighted by Crippen LogP contribution is 2.56. The van der Waals surface area contributed by atoms with Crippen molar-refractivity contribution in [3.63, 3.8) is 0 Å². The fourth-order valence-corrected chi connectivity index (χ4v) is 5.86. The fraction of sp³-hybridized carbons (Fsp3) is 0.130. The van der Waals surface area contributed by atoms with Crippen LogP contribution in [-0.2, 0) is 21.0 Å². The summed E-state index contributed by atoms with van der Waals surface area (Å²) in [4.78, 5) is 29.1. The summed E-state index contributed by atoms with van der Waals surface area (Å²) < 4.78 is 0. The number of fused-ring (bicyclic) bond motifs is 2. The van der Waals surface area contributed by atoms with Crippen LogP contribution in [0.1, 0.15) is 11.1 Å². The Morgan fingerprint density at radius 3 is 2.50 bits per heavy atom. The smallest absolute Gasteiger partial charge is 0.269 e. The van der Waals surface area contributed by atoms with Crippen LogP contribution in [0.3, 0.4) is 0 Å². The first kappa shape index (κ1) is 19.5. The van der Waals surface area contributed by atoms with E-state index in [1.807, 2.05) is 54.6 Å². The number of nitrogens with zero attached hydrogens (tertiary/aromatic N) is 2. The molecule has 4 nitrogen and oxygen atoms in total. The molecule has 7 heteroatoms. The first-order chi connectivity index (χ1) is 14.5. The molecule has 3 aromatic carbocycles. The molecule has 1 atom stereocenters. The van der Waals surface area contributed by atoms with Crippen molar-refractivity contribution in [3.8, 4) is 0 Å². The highest BCUT2D eigenvalue weighted by molar-refractivity contribution is 8.02. The summed E-state index contributed by atoms with van der Waals surface area (Å²) in [5.41, 5.74) is 3.05. The van der Waals surface area contributed by atoms with Gasteiger partial charge in [-0.25, -0.2) is 0 Å². The van der Waals surface area contributed by atoms with Crippen molar-refractivity contribution in [1.82, 2.24) is 0 Å². The van der Waals surface area contributed by atoms with E-state index < -0.39 is 4.87 Å². The van der Waals surface area contributed by atoms with Crippen LogP contribution in [-0.4, -0.2) is 17.6 Å². The van der Waals surface area contributed by atoms with Gasteiger partial charge in [0.15, 0.2) is 0 Å². The number of para-hydroxylation sites is 1. The van der Waals surface area contributed by atoms with E-state index in [2.05, 4.69) is 0 Å². The highest BCUT2D eigenvalue weighted by atomic mass is 35.5. The standard InChI is InChI=1S/C23H16Cl2N2O2S/c24-16-7-5-8-17(12-16)27-21(28)14-30-23(27)18-9-2-4-11-20(18)26(22(23)29)13-15-6-1-3-10-19(15)25/h1-12H,13-14H2. The van der Waals surface area contributed by atoms with Crippen LogP contribution < -0.4 is 9.80 Å². The Balaban J connectivity index is 1.66. The number of hydrogen-bond acceptors (Lipinski definition) is 3. The SMILES string of the molecule is O=C1CSC2(C(=O)N(Cc3ccccc3Cl)c3ccccc32)N1c1cccc(Cl)c1. The molecule has 1 spiro atoms. The van der Waals surface area contributed by atoms with Gasteiger partial charge in [-0.1, -0.05) is 65.7 Å². The van der Waals surface area contributed by atoms with Gasteiger partial charge in [0.1, 0.15) is 0 Å². The molecule has 30 heavy (non-hydrogen) atoms. The molecule has 1 fully saturated rings. The molecular weight excluding hydrogens is 439 g/mol. The van der Waals surface area contributed by atoms with Crippen LogP contribution in [0.4, 0.5) is 11.4 Å². The van der Waals surface area contributed by atoms with E-state index in [9.17, 15) is 9.59 Å². The number of hydrogen-bond donors (Lipinski definition) is 0. The third kappa shape index (κ3) is 2.84. The Morgan fingerprint density at radius 2 is 1.70 bits per heavy atom. The van der Waals surface area contributed by atoms with E-state index in [1.54, 1.807) is 28.0 Å². The Kier molecular flexibility index (Phi) is 4.77. The molecule has 2 aliphatic rings. The minimum Gasteiger partial charge on any atom is -0.304 e. The number of halogens is 2. The van der Waals surface area contributed by atoms with E-state index >= 15 is 0 Å². The first-order valence-corrected chi connectivity index (χ1v) is 11.1. The molecule has 1 saturated heterocycles. The highest BCUT2D eigenvalue weighted by Gasteiger charge is 2.60. The van der Waals surface area contributed by atoms with Gasteiger partial charge in [0, 0.05) is 21.3 Å². The van der Waals surface area contributed by atoms with Crippen molar-refractivity contribution < 1.29 is 9.59 Å². The molecule has 0 N–H and O–H groups in total. The van der Waals surface area contributed by atoms with E-state index in [0.717, 1.165) is 16.8 Å². The maximum absolute atomic E-state index is 14.0. The van der Waals surface area contributed by atoms with Crippen molar-refractivity contribution in [2.45, 2.75) is 11.4 Å². The zero-order chi connectivity index (χ0) is 20.9. The lowest BCUT2D eigenvalue weighted by Gasteiger charge is -2.33. The third-order valence-electron chi connectivity index (χ3n) is 5.42.